The van der Waals surface area contributed by atoms with E-state index in [1.807, 2.05) is 12.3 Å². The number of hydrogen-bond donors (Lipinski definition) is 1. The van der Waals surface area contributed by atoms with Crippen molar-refractivity contribution in [3.05, 3.63) is 42.1 Å². The molecule has 2 fully saturated rings. The van der Waals surface area contributed by atoms with E-state index in [-0.39, 0.29) is 0 Å². The summed E-state index contributed by atoms with van der Waals surface area (Å²) in [5.41, 5.74) is 2.57. The van der Waals surface area contributed by atoms with Crippen molar-refractivity contribution in [2.75, 3.05) is 6.54 Å². The maximum absolute atomic E-state index is 4.53. The zero-order chi connectivity index (χ0) is 14.2. The van der Waals surface area contributed by atoms with Gasteiger partial charge in [0.15, 0.2) is 0 Å². The fourth-order valence-corrected chi connectivity index (χ4v) is 4.42. The van der Waals surface area contributed by atoms with Gasteiger partial charge in [0.1, 0.15) is 0 Å². The summed E-state index contributed by atoms with van der Waals surface area (Å²) in [4.78, 5) is 4.53. The van der Waals surface area contributed by atoms with Gasteiger partial charge in [-0.1, -0.05) is 31.5 Å². The van der Waals surface area contributed by atoms with E-state index >= 15 is 0 Å². The van der Waals surface area contributed by atoms with Crippen LogP contribution >= 0.6 is 0 Å². The van der Waals surface area contributed by atoms with Crippen LogP contribution in [0.5, 0.6) is 0 Å². The van der Waals surface area contributed by atoms with E-state index in [1.54, 1.807) is 0 Å². The van der Waals surface area contributed by atoms with Gasteiger partial charge in [-0.3, -0.25) is 4.98 Å². The normalized spacial score (nSPS) is 28.5. The zero-order valence-electron chi connectivity index (χ0n) is 12.8. The predicted octanol–water partition coefficient (Wildman–Crippen LogP) is 4.32. The fourth-order valence-electron chi connectivity index (χ4n) is 4.42. The molecule has 110 valence electrons. The first-order valence-electron chi connectivity index (χ1n) is 8.46. The van der Waals surface area contributed by atoms with Crippen LogP contribution in [-0.4, -0.2) is 11.5 Å². The van der Waals surface area contributed by atoms with E-state index in [0.29, 0.717) is 6.04 Å². The number of rotatable bonds is 5. The summed E-state index contributed by atoms with van der Waals surface area (Å²) in [6, 6.07) is 11.5. The molecule has 1 aromatic heterocycles. The molecule has 2 aromatic rings. The Morgan fingerprint density at radius 2 is 2.10 bits per heavy atom. The van der Waals surface area contributed by atoms with E-state index in [4.69, 9.17) is 0 Å². The van der Waals surface area contributed by atoms with Crippen LogP contribution in [-0.2, 0) is 0 Å². The molecule has 0 radical (unpaired) electrons. The Morgan fingerprint density at radius 3 is 2.90 bits per heavy atom. The molecular weight excluding hydrogens is 256 g/mol. The lowest BCUT2D eigenvalue weighted by Gasteiger charge is -2.21. The van der Waals surface area contributed by atoms with E-state index < -0.39 is 0 Å². The van der Waals surface area contributed by atoms with Crippen LogP contribution in [0, 0.1) is 17.8 Å². The second kappa shape index (κ2) is 5.42. The van der Waals surface area contributed by atoms with Gasteiger partial charge < -0.3 is 5.32 Å². The highest BCUT2D eigenvalue weighted by Gasteiger charge is 2.55. The molecular formula is C19H24N2. The molecule has 1 N–H and O–H groups in total. The molecule has 0 amide bonds. The third-order valence-electron chi connectivity index (χ3n) is 5.46. The molecule has 2 aliphatic carbocycles. The molecule has 2 aliphatic rings. The molecule has 1 heterocycles. The van der Waals surface area contributed by atoms with Crippen molar-refractivity contribution in [1.82, 2.24) is 10.3 Å². The highest BCUT2D eigenvalue weighted by atomic mass is 14.9. The average molecular weight is 280 g/mol. The summed E-state index contributed by atoms with van der Waals surface area (Å²) in [5.74, 6) is 2.84. The third-order valence-corrected chi connectivity index (χ3v) is 5.46. The first kappa shape index (κ1) is 13.3. The Bertz CT molecular complexity index is 626. The first-order chi connectivity index (χ1) is 10.4. The van der Waals surface area contributed by atoms with Crippen LogP contribution in [0.3, 0.4) is 0 Å². The number of fused-ring (bicyclic) bond motifs is 2. The van der Waals surface area contributed by atoms with Crippen LogP contribution in [0.15, 0.2) is 36.5 Å². The quantitative estimate of drug-likeness (QED) is 0.882. The summed E-state index contributed by atoms with van der Waals surface area (Å²) in [6.45, 7) is 3.36. The molecule has 4 rings (SSSR count). The highest BCUT2D eigenvalue weighted by molar-refractivity contribution is 5.79. The van der Waals surface area contributed by atoms with Crippen molar-refractivity contribution < 1.29 is 0 Å². The van der Waals surface area contributed by atoms with Gasteiger partial charge in [-0.05, 0) is 61.3 Å². The lowest BCUT2D eigenvalue weighted by Crippen LogP contribution is -2.25. The van der Waals surface area contributed by atoms with Crippen molar-refractivity contribution >= 4 is 10.9 Å². The van der Waals surface area contributed by atoms with Gasteiger partial charge in [-0.2, -0.15) is 0 Å². The smallest absolute Gasteiger partial charge is 0.0705 e. The largest absolute Gasteiger partial charge is 0.310 e. The molecule has 21 heavy (non-hydrogen) atoms. The molecule has 2 heteroatoms. The number of nitrogens with one attached hydrogen (secondary N) is 1. The topological polar surface area (TPSA) is 24.9 Å². The SMILES string of the molecule is CCCNC(c1ccc2cccnc2c1)C1C2CCCC21. The van der Waals surface area contributed by atoms with Gasteiger partial charge in [0, 0.05) is 17.6 Å². The number of benzene rings is 1. The fraction of sp³-hybridized carbons (Fsp3) is 0.526. The summed E-state index contributed by atoms with van der Waals surface area (Å²) >= 11 is 0. The first-order valence-corrected chi connectivity index (χ1v) is 8.46. The minimum absolute atomic E-state index is 0.534. The van der Waals surface area contributed by atoms with Crippen LogP contribution in [0.1, 0.15) is 44.2 Å². The number of aromatic nitrogens is 1. The van der Waals surface area contributed by atoms with Crippen LogP contribution in [0.2, 0.25) is 0 Å². The standard InChI is InChI=1S/C19H24N2/c1-2-10-21-19(18-15-6-3-7-16(15)18)14-9-8-13-5-4-11-20-17(13)12-14/h4-5,8-9,11-12,15-16,18-19,21H,2-3,6-7,10H2,1H3. The predicted molar refractivity (Wildman–Crippen MR) is 87.1 cm³/mol. The minimum Gasteiger partial charge on any atom is -0.310 e. The van der Waals surface area contributed by atoms with Crippen molar-refractivity contribution in [2.45, 2.75) is 38.6 Å². The number of nitrogens with zero attached hydrogens (tertiary/aromatic N) is 1. The second-order valence-electron chi connectivity index (χ2n) is 6.72. The Kier molecular flexibility index (Phi) is 3.42. The second-order valence-corrected chi connectivity index (χ2v) is 6.72. The highest BCUT2D eigenvalue weighted by Crippen LogP contribution is 2.62. The van der Waals surface area contributed by atoms with E-state index in [2.05, 4.69) is 41.5 Å². The average Bonchev–Trinajstić information content (AvgIpc) is 2.99. The summed E-state index contributed by atoms with van der Waals surface area (Å²) in [6.07, 6.45) is 7.44. The molecule has 3 atom stereocenters. The molecule has 2 saturated carbocycles. The lowest BCUT2D eigenvalue weighted by molar-refractivity contribution is 0.418. The van der Waals surface area contributed by atoms with Crippen LogP contribution in [0.4, 0.5) is 0 Å². The summed E-state index contributed by atoms with van der Waals surface area (Å²) in [7, 11) is 0. The van der Waals surface area contributed by atoms with Crippen molar-refractivity contribution in [3.8, 4) is 0 Å². The maximum Gasteiger partial charge on any atom is 0.0705 e. The molecule has 0 aliphatic heterocycles. The zero-order valence-corrected chi connectivity index (χ0v) is 12.8. The van der Waals surface area contributed by atoms with Gasteiger partial charge in [0.05, 0.1) is 5.52 Å². The maximum atomic E-state index is 4.53. The third kappa shape index (κ3) is 2.36. The number of hydrogen-bond acceptors (Lipinski definition) is 2. The molecule has 0 bridgehead atoms. The van der Waals surface area contributed by atoms with Crippen molar-refractivity contribution in [1.29, 1.82) is 0 Å². The van der Waals surface area contributed by atoms with Gasteiger partial charge in [0.25, 0.3) is 0 Å². The Balaban J connectivity index is 1.64. The van der Waals surface area contributed by atoms with Gasteiger partial charge in [-0.25, -0.2) is 0 Å². The van der Waals surface area contributed by atoms with Gasteiger partial charge in [0.2, 0.25) is 0 Å². The molecule has 1 aromatic carbocycles. The van der Waals surface area contributed by atoms with E-state index in [9.17, 15) is 0 Å². The Hall–Kier alpha value is -1.41. The molecule has 2 nitrogen and oxygen atoms in total. The summed E-state index contributed by atoms with van der Waals surface area (Å²) < 4.78 is 0. The lowest BCUT2D eigenvalue weighted by atomic mass is 9.95. The molecule has 0 spiro atoms. The van der Waals surface area contributed by atoms with Crippen LogP contribution in [0.25, 0.3) is 10.9 Å². The van der Waals surface area contributed by atoms with Crippen molar-refractivity contribution in [3.63, 3.8) is 0 Å². The minimum atomic E-state index is 0.534. The van der Waals surface area contributed by atoms with Crippen molar-refractivity contribution in [2.24, 2.45) is 17.8 Å². The van der Waals surface area contributed by atoms with Gasteiger partial charge >= 0.3 is 0 Å². The molecule has 0 saturated heterocycles. The summed E-state index contributed by atoms with van der Waals surface area (Å²) in [5, 5.41) is 5.06. The monoisotopic (exact) mass is 280 g/mol. The van der Waals surface area contributed by atoms with Crippen LogP contribution < -0.4 is 5.32 Å². The van der Waals surface area contributed by atoms with Gasteiger partial charge in [-0.15, -0.1) is 0 Å². The van der Waals surface area contributed by atoms with E-state index in [1.165, 1.54) is 36.6 Å². The Labute approximate surface area is 127 Å². The molecule has 3 unspecified atom stereocenters. The van der Waals surface area contributed by atoms with E-state index in [0.717, 1.165) is 29.8 Å². The number of pyridine rings is 1. The Morgan fingerprint density at radius 1 is 1.24 bits per heavy atom.